The van der Waals surface area contributed by atoms with Crippen molar-refractivity contribution in [2.45, 2.75) is 12.5 Å². The van der Waals surface area contributed by atoms with E-state index in [1.54, 1.807) is 0 Å². The molecule has 0 aromatic heterocycles. The molecule has 0 rings (SSSR count). The van der Waals surface area contributed by atoms with Gasteiger partial charge in [-0.15, -0.1) is 6.58 Å². The fraction of sp³-hybridized carbons (Fsp3) is 0.600. The molecule has 0 aromatic carbocycles. The van der Waals surface area contributed by atoms with Gasteiger partial charge < -0.3 is 5.11 Å². The third-order valence-electron chi connectivity index (χ3n) is 0.746. The number of hydrogen-bond acceptors (Lipinski definition) is 1. The second-order valence-electron chi connectivity index (χ2n) is 1.67. The van der Waals surface area contributed by atoms with Crippen molar-refractivity contribution in [3.63, 3.8) is 0 Å². The van der Waals surface area contributed by atoms with E-state index in [1.807, 2.05) is 0 Å². The van der Waals surface area contributed by atoms with Gasteiger partial charge in [-0.2, -0.15) is 0 Å². The van der Waals surface area contributed by atoms with Crippen LogP contribution in [0.2, 0.25) is 0 Å². The molecule has 0 aliphatic carbocycles. The van der Waals surface area contributed by atoms with Gasteiger partial charge >= 0.3 is 0 Å². The van der Waals surface area contributed by atoms with E-state index < -0.39 is 5.60 Å². The predicted octanol–water partition coefficient (Wildman–Crippen LogP) is 0.354. The predicted molar refractivity (Wildman–Crippen MR) is 26.4 cm³/mol. The zero-order valence-electron chi connectivity index (χ0n) is 4.35. The molecule has 0 amide bonds. The fourth-order valence-electron chi connectivity index (χ4n) is 0.0645. The highest BCUT2D eigenvalue weighted by Crippen LogP contribution is 2.01. The van der Waals surface area contributed by atoms with Crippen LogP contribution in [0.15, 0.2) is 12.7 Å². The number of aliphatic hydroxyl groups excluding tert-OH is 1. The molecular weight excluding hydrogens is 92.1 g/mol. The van der Waals surface area contributed by atoms with Crippen LogP contribution in [0.1, 0.15) is 6.92 Å². The maximum Gasteiger partial charge on any atom is 0.141 e. The molecule has 0 bridgehead atoms. The van der Waals surface area contributed by atoms with Gasteiger partial charge in [-0.25, -0.2) is 5.11 Å². The maximum atomic E-state index is 10.5. The Hall–Kier alpha value is -0.340. The molecule has 0 saturated carbocycles. The van der Waals surface area contributed by atoms with E-state index in [9.17, 15) is 5.11 Å². The summed E-state index contributed by atoms with van der Waals surface area (Å²) in [5, 5.41) is 18.7. The van der Waals surface area contributed by atoms with E-state index in [0.29, 0.717) is 0 Å². The largest absolute Gasteiger partial charge is 0.393 e. The molecule has 7 heavy (non-hydrogen) atoms. The van der Waals surface area contributed by atoms with Crippen LogP contribution in [0, 0.1) is 0 Å². The summed E-state index contributed by atoms with van der Waals surface area (Å²) in [4.78, 5) is 0. The smallest absolute Gasteiger partial charge is 0.141 e. The Kier molecular flexibility index (Phi) is 1.99. The van der Waals surface area contributed by atoms with E-state index in [1.165, 1.54) is 13.0 Å². The van der Waals surface area contributed by atoms with Gasteiger partial charge in [-0.1, -0.05) is 6.08 Å². The Morgan fingerprint density at radius 1 is 2.00 bits per heavy atom. The minimum absolute atomic E-state index is 0.378. The summed E-state index contributed by atoms with van der Waals surface area (Å²) in [5.41, 5.74) is -1.35. The minimum atomic E-state index is -1.35. The summed E-state index contributed by atoms with van der Waals surface area (Å²) < 4.78 is 0. The van der Waals surface area contributed by atoms with E-state index in [4.69, 9.17) is 5.11 Å². The molecule has 1 N–H and O–H groups in total. The molecule has 0 aliphatic heterocycles. The quantitative estimate of drug-likeness (QED) is 0.501. The van der Waals surface area contributed by atoms with E-state index >= 15 is 0 Å². The van der Waals surface area contributed by atoms with Crippen molar-refractivity contribution in [2.24, 2.45) is 0 Å². The van der Waals surface area contributed by atoms with Gasteiger partial charge in [-0.05, 0) is 6.92 Å². The lowest BCUT2D eigenvalue weighted by Crippen LogP contribution is -2.22. The van der Waals surface area contributed by atoms with E-state index in [2.05, 4.69) is 6.58 Å². The van der Waals surface area contributed by atoms with Crippen molar-refractivity contribution in [2.75, 3.05) is 6.61 Å². The molecular formula is C5H9O2. The topological polar surface area (TPSA) is 40.1 Å². The van der Waals surface area contributed by atoms with Crippen LogP contribution >= 0.6 is 0 Å². The highest BCUT2D eigenvalue weighted by Gasteiger charge is 2.14. The molecule has 1 radical (unpaired) electrons. The van der Waals surface area contributed by atoms with Gasteiger partial charge in [0.05, 0.1) is 6.61 Å². The molecule has 1 unspecified atom stereocenters. The molecule has 41 valence electrons. The molecule has 2 nitrogen and oxygen atoms in total. The number of hydrogen-bond donors (Lipinski definition) is 1. The first-order chi connectivity index (χ1) is 3.12. The Morgan fingerprint density at radius 3 is 2.43 bits per heavy atom. The van der Waals surface area contributed by atoms with Gasteiger partial charge in [-0.3, -0.25) is 0 Å². The monoisotopic (exact) mass is 101 g/mol. The van der Waals surface area contributed by atoms with Crippen molar-refractivity contribution in [3.05, 3.63) is 12.7 Å². The zero-order valence-corrected chi connectivity index (χ0v) is 4.35. The number of aliphatic hydroxyl groups is 1. The first-order valence-electron chi connectivity index (χ1n) is 2.07. The highest BCUT2D eigenvalue weighted by molar-refractivity contribution is 4.90. The number of rotatable bonds is 2. The first-order valence-corrected chi connectivity index (χ1v) is 2.07. The first kappa shape index (κ1) is 6.66. The summed E-state index contributed by atoms with van der Waals surface area (Å²) >= 11 is 0. The van der Waals surface area contributed by atoms with Crippen LogP contribution in [-0.4, -0.2) is 17.3 Å². The average Bonchev–Trinajstić information content (AvgIpc) is 1.68. The summed E-state index contributed by atoms with van der Waals surface area (Å²) in [6, 6.07) is 0. The van der Waals surface area contributed by atoms with E-state index in [-0.39, 0.29) is 6.61 Å². The summed E-state index contributed by atoms with van der Waals surface area (Å²) in [6.45, 7) is 4.23. The lowest BCUT2D eigenvalue weighted by molar-refractivity contribution is -0.0158. The average molecular weight is 101 g/mol. The molecule has 0 saturated heterocycles. The molecule has 2 heteroatoms. The molecule has 0 aliphatic rings. The minimum Gasteiger partial charge on any atom is -0.393 e. The molecule has 0 aromatic rings. The third kappa shape index (κ3) is 2.37. The van der Waals surface area contributed by atoms with Crippen LogP contribution < -0.4 is 0 Å². The molecule has 0 fully saturated rings. The van der Waals surface area contributed by atoms with Gasteiger partial charge in [0.25, 0.3) is 0 Å². The van der Waals surface area contributed by atoms with Crippen molar-refractivity contribution in [3.8, 4) is 0 Å². The second kappa shape index (κ2) is 2.09. The third-order valence-corrected chi connectivity index (χ3v) is 0.746. The van der Waals surface area contributed by atoms with Crippen LogP contribution in [0.4, 0.5) is 0 Å². The Bertz CT molecular complexity index is 66.5. The van der Waals surface area contributed by atoms with Crippen LogP contribution in [0.5, 0.6) is 0 Å². The van der Waals surface area contributed by atoms with Crippen molar-refractivity contribution >= 4 is 0 Å². The Morgan fingerprint density at radius 2 is 2.43 bits per heavy atom. The van der Waals surface area contributed by atoms with Crippen molar-refractivity contribution < 1.29 is 10.2 Å². The van der Waals surface area contributed by atoms with Gasteiger partial charge in [0.15, 0.2) is 0 Å². The van der Waals surface area contributed by atoms with Gasteiger partial charge in [0, 0.05) is 0 Å². The maximum absolute atomic E-state index is 10.5. The van der Waals surface area contributed by atoms with Crippen molar-refractivity contribution in [1.29, 1.82) is 0 Å². The Labute approximate surface area is 43.1 Å². The molecule has 0 heterocycles. The van der Waals surface area contributed by atoms with Crippen LogP contribution in [-0.2, 0) is 5.11 Å². The van der Waals surface area contributed by atoms with E-state index in [0.717, 1.165) is 0 Å². The Balaban J connectivity index is 3.58. The van der Waals surface area contributed by atoms with Crippen LogP contribution in [0.25, 0.3) is 0 Å². The summed E-state index contributed by atoms with van der Waals surface area (Å²) in [7, 11) is 0. The summed E-state index contributed by atoms with van der Waals surface area (Å²) in [5.74, 6) is 0. The lowest BCUT2D eigenvalue weighted by Gasteiger charge is -2.08. The van der Waals surface area contributed by atoms with Gasteiger partial charge in [0.1, 0.15) is 5.60 Å². The van der Waals surface area contributed by atoms with Crippen LogP contribution in [0.3, 0.4) is 0 Å². The second-order valence-corrected chi connectivity index (χ2v) is 1.67. The highest BCUT2D eigenvalue weighted by atomic mass is 16.3. The SMILES string of the molecule is C=CC(C)([O])CO. The lowest BCUT2D eigenvalue weighted by atomic mass is 10.1. The molecule has 1 atom stereocenters. The normalized spacial score (nSPS) is 18.1. The fourth-order valence-corrected chi connectivity index (χ4v) is 0.0645. The van der Waals surface area contributed by atoms with Gasteiger partial charge in [0.2, 0.25) is 0 Å². The molecule has 0 spiro atoms. The van der Waals surface area contributed by atoms with Crippen molar-refractivity contribution in [1.82, 2.24) is 0 Å². The standard InChI is InChI=1S/C5H9O2/c1-3-5(2,7)4-6/h3,6H,1,4H2,2H3. The summed E-state index contributed by atoms with van der Waals surface area (Å²) in [6.07, 6.45) is 1.19. The zero-order chi connectivity index (χ0) is 5.91.